The van der Waals surface area contributed by atoms with E-state index >= 15 is 0 Å². The molecular weight excluding hydrogens is 328 g/mol. The molecule has 0 aliphatic carbocycles. The molecule has 0 unspecified atom stereocenters. The molecule has 3 aromatic rings. The molecular formula is C21H20N2OS. The summed E-state index contributed by atoms with van der Waals surface area (Å²) in [6, 6.07) is 19.7. The molecule has 1 aliphatic rings. The number of fused-ring (bicyclic) bond motifs is 1. The predicted molar refractivity (Wildman–Crippen MR) is 103 cm³/mol. The van der Waals surface area contributed by atoms with Crippen molar-refractivity contribution in [2.24, 2.45) is 0 Å². The number of rotatable bonds is 4. The van der Waals surface area contributed by atoms with Crippen LogP contribution in [0.15, 0.2) is 66.0 Å². The maximum Gasteiger partial charge on any atom is 0.255 e. The number of carbonyl (C=O) groups is 1. The first-order chi connectivity index (χ1) is 12.3. The third-order valence-corrected chi connectivity index (χ3v) is 5.54. The Morgan fingerprint density at radius 1 is 1.08 bits per heavy atom. The molecule has 0 bridgehead atoms. The number of hydrogen-bond acceptors (Lipinski definition) is 3. The van der Waals surface area contributed by atoms with Crippen LogP contribution in [0.4, 0.5) is 5.69 Å². The Kier molecular flexibility index (Phi) is 4.63. The fourth-order valence-corrected chi connectivity index (χ4v) is 4.13. The number of para-hydroxylation sites is 1. The van der Waals surface area contributed by atoms with Gasteiger partial charge in [-0.15, -0.1) is 11.3 Å². The number of thiophene rings is 1. The first kappa shape index (κ1) is 16.1. The average Bonchev–Trinajstić information content (AvgIpc) is 3.10. The van der Waals surface area contributed by atoms with Crippen LogP contribution in [0.5, 0.6) is 0 Å². The SMILES string of the molecule is O=C(Nc1ccccc1)c1cccc(CN2CCc3sccc3C2)c1. The Bertz CT molecular complexity index is 872. The largest absolute Gasteiger partial charge is 0.322 e. The van der Waals surface area contributed by atoms with Gasteiger partial charge in [-0.05, 0) is 53.3 Å². The summed E-state index contributed by atoms with van der Waals surface area (Å²) in [5.74, 6) is -0.0631. The molecule has 4 rings (SSSR count). The van der Waals surface area contributed by atoms with Gasteiger partial charge in [-0.2, -0.15) is 0 Å². The third-order valence-electron chi connectivity index (χ3n) is 4.51. The maximum atomic E-state index is 12.5. The van der Waals surface area contributed by atoms with E-state index in [1.165, 1.54) is 16.0 Å². The monoisotopic (exact) mass is 348 g/mol. The van der Waals surface area contributed by atoms with Crippen LogP contribution >= 0.6 is 11.3 Å². The molecule has 4 heteroatoms. The van der Waals surface area contributed by atoms with E-state index in [0.29, 0.717) is 5.56 Å². The van der Waals surface area contributed by atoms with Gasteiger partial charge < -0.3 is 5.32 Å². The quantitative estimate of drug-likeness (QED) is 0.750. The molecule has 0 atom stereocenters. The predicted octanol–water partition coefficient (Wildman–Crippen LogP) is 4.56. The summed E-state index contributed by atoms with van der Waals surface area (Å²) < 4.78 is 0. The average molecular weight is 348 g/mol. The van der Waals surface area contributed by atoms with Crippen molar-refractivity contribution in [3.8, 4) is 0 Å². The lowest BCUT2D eigenvalue weighted by atomic mass is 10.1. The summed E-state index contributed by atoms with van der Waals surface area (Å²) in [6.45, 7) is 2.95. The summed E-state index contributed by atoms with van der Waals surface area (Å²) in [7, 11) is 0. The fourth-order valence-electron chi connectivity index (χ4n) is 3.24. The number of amides is 1. The molecule has 25 heavy (non-hydrogen) atoms. The van der Waals surface area contributed by atoms with Gasteiger partial charge in [0.25, 0.3) is 5.91 Å². The molecule has 0 fully saturated rings. The van der Waals surface area contributed by atoms with E-state index in [-0.39, 0.29) is 5.91 Å². The molecule has 0 saturated carbocycles. The maximum absolute atomic E-state index is 12.5. The number of hydrogen-bond donors (Lipinski definition) is 1. The van der Waals surface area contributed by atoms with E-state index in [0.717, 1.165) is 31.7 Å². The Balaban J connectivity index is 1.44. The second-order valence-electron chi connectivity index (χ2n) is 6.35. The zero-order chi connectivity index (χ0) is 17.1. The van der Waals surface area contributed by atoms with Crippen molar-refractivity contribution < 1.29 is 4.79 Å². The highest BCUT2D eigenvalue weighted by atomic mass is 32.1. The van der Waals surface area contributed by atoms with Gasteiger partial charge in [-0.25, -0.2) is 0 Å². The minimum atomic E-state index is -0.0631. The van der Waals surface area contributed by atoms with Crippen molar-refractivity contribution in [3.63, 3.8) is 0 Å². The van der Waals surface area contributed by atoms with Crippen molar-refractivity contribution in [1.29, 1.82) is 0 Å². The number of nitrogens with zero attached hydrogens (tertiary/aromatic N) is 1. The molecule has 0 spiro atoms. The molecule has 2 heterocycles. The van der Waals surface area contributed by atoms with E-state index in [1.54, 1.807) is 0 Å². The Labute approximate surface area is 151 Å². The minimum Gasteiger partial charge on any atom is -0.322 e. The molecule has 0 radical (unpaired) electrons. The summed E-state index contributed by atoms with van der Waals surface area (Å²) in [5.41, 5.74) is 4.15. The van der Waals surface area contributed by atoms with Gasteiger partial charge in [0, 0.05) is 35.8 Å². The van der Waals surface area contributed by atoms with Crippen LogP contribution in [0.3, 0.4) is 0 Å². The van der Waals surface area contributed by atoms with Crippen LogP contribution in [-0.4, -0.2) is 17.4 Å². The van der Waals surface area contributed by atoms with Crippen molar-refractivity contribution in [3.05, 3.63) is 87.6 Å². The molecule has 1 aliphatic heterocycles. The van der Waals surface area contributed by atoms with Crippen LogP contribution in [0, 0.1) is 0 Å². The fraction of sp³-hybridized carbons (Fsp3) is 0.190. The zero-order valence-electron chi connectivity index (χ0n) is 13.9. The normalized spacial score (nSPS) is 14.1. The van der Waals surface area contributed by atoms with Crippen LogP contribution in [0.2, 0.25) is 0 Å². The van der Waals surface area contributed by atoms with Crippen LogP contribution < -0.4 is 5.32 Å². The summed E-state index contributed by atoms with van der Waals surface area (Å²) in [5, 5.41) is 5.13. The van der Waals surface area contributed by atoms with Crippen molar-refractivity contribution in [2.75, 3.05) is 11.9 Å². The molecule has 0 saturated heterocycles. The highest BCUT2D eigenvalue weighted by Gasteiger charge is 2.17. The third kappa shape index (κ3) is 3.81. The van der Waals surface area contributed by atoms with E-state index in [4.69, 9.17) is 0 Å². The number of benzene rings is 2. The molecule has 3 nitrogen and oxygen atoms in total. The second kappa shape index (κ2) is 7.21. The first-order valence-corrected chi connectivity index (χ1v) is 9.39. The minimum absolute atomic E-state index is 0.0631. The highest BCUT2D eigenvalue weighted by Crippen LogP contribution is 2.25. The van der Waals surface area contributed by atoms with Gasteiger partial charge >= 0.3 is 0 Å². The van der Waals surface area contributed by atoms with Crippen LogP contribution in [0.25, 0.3) is 0 Å². The number of carbonyl (C=O) groups excluding carboxylic acids is 1. The van der Waals surface area contributed by atoms with Crippen molar-refractivity contribution in [2.45, 2.75) is 19.5 Å². The standard InChI is InChI=1S/C21H20N2OS/c24-21(22-19-7-2-1-3-8-19)17-6-4-5-16(13-17)14-23-11-9-20-18(15-23)10-12-25-20/h1-8,10,12-13H,9,11,14-15H2,(H,22,24). The zero-order valence-corrected chi connectivity index (χ0v) is 14.8. The first-order valence-electron chi connectivity index (χ1n) is 8.51. The Morgan fingerprint density at radius 2 is 1.96 bits per heavy atom. The lowest BCUT2D eigenvalue weighted by molar-refractivity contribution is 0.102. The lowest BCUT2D eigenvalue weighted by Crippen LogP contribution is -2.29. The van der Waals surface area contributed by atoms with Gasteiger partial charge in [0.15, 0.2) is 0 Å². The summed E-state index contributed by atoms with van der Waals surface area (Å²) in [6.07, 6.45) is 1.13. The van der Waals surface area contributed by atoms with E-state index < -0.39 is 0 Å². The number of anilines is 1. The van der Waals surface area contributed by atoms with Crippen LogP contribution in [-0.2, 0) is 19.5 Å². The summed E-state index contributed by atoms with van der Waals surface area (Å²) >= 11 is 1.86. The van der Waals surface area contributed by atoms with Gasteiger partial charge in [0.05, 0.1) is 0 Å². The molecule has 126 valence electrons. The topological polar surface area (TPSA) is 32.3 Å². The Morgan fingerprint density at radius 3 is 2.84 bits per heavy atom. The van der Waals surface area contributed by atoms with Crippen molar-refractivity contribution in [1.82, 2.24) is 4.90 Å². The lowest BCUT2D eigenvalue weighted by Gasteiger charge is -2.26. The smallest absolute Gasteiger partial charge is 0.255 e. The molecule has 1 amide bonds. The highest BCUT2D eigenvalue weighted by molar-refractivity contribution is 7.10. The molecule has 1 aromatic heterocycles. The van der Waals surface area contributed by atoms with Gasteiger partial charge in [-0.1, -0.05) is 30.3 Å². The summed E-state index contributed by atoms with van der Waals surface area (Å²) in [4.78, 5) is 16.4. The molecule has 2 aromatic carbocycles. The van der Waals surface area contributed by atoms with Crippen LogP contribution in [0.1, 0.15) is 26.4 Å². The van der Waals surface area contributed by atoms with E-state index in [9.17, 15) is 4.79 Å². The molecule has 1 N–H and O–H groups in total. The Hall–Kier alpha value is -2.43. The van der Waals surface area contributed by atoms with E-state index in [2.05, 4.69) is 27.7 Å². The van der Waals surface area contributed by atoms with Gasteiger partial charge in [0.1, 0.15) is 0 Å². The van der Waals surface area contributed by atoms with Gasteiger partial charge in [-0.3, -0.25) is 9.69 Å². The van der Waals surface area contributed by atoms with Gasteiger partial charge in [0.2, 0.25) is 0 Å². The van der Waals surface area contributed by atoms with Crippen molar-refractivity contribution >= 4 is 22.9 Å². The second-order valence-corrected chi connectivity index (χ2v) is 7.35. The number of nitrogens with one attached hydrogen (secondary N) is 1. The van der Waals surface area contributed by atoms with E-state index in [1.807, 2.05) is 59.9 Å².